The summed E-state index contributed by atoms with van der Waals surface area (Å²) in [6.07, 6.45) is 1.32. The zero-order valence-electron chi connectivity index (χ0n) is 13.8. The molecule has 134 valence electrons. The van der Waals surface area contributed by atoms with E-state index < -0.39 is 5.97 Å². The highest BCUT2D eigenvalue weighted by Gasteiger charge is 2.14. The van der Waals surface area contributed by atoms with Gasteiger partial charge in [0.25, 0.3) is 0 Å². The monoisotopic (exact) mass is 374 g/mol. The largest absolute Gasteiger partial charge is 0.508 e. The SMILES string of the molecule is CCOC(=O)COc1cc(Cl)c2c(=O)c(-c3ccc(O)cc3)coc2c1. The molecule has 26 heavy (non-hydrogen) atoms. The van der Waals surface area contributed by atoms with Gasteiger partial charge in [-0.25, -0.2) is 4.79 Å². The van der Waals surface area contributed by atoms with Crippen LogP contribution in [0.4, 0.5) is 0 Å². The summed E-state index contributed by atoms with van der Waals surface area (Å²) in [5.74, 6) is -0.121. The van der Waals surface area contributed by atoms with Crippen LogP contribution in [0.5, 0.6) is 11.5 Å². The Kier molecular flexibility index (Phi) is 5.14. The first-order valence-corrected chi connectivity index (χ1v) is 8.20. The van der Waals surface area contributed by atoms with Crippen molar-refractivity contribution < 1.29 is 23.8 Å². The zero-order valence-corrected chi connectivity index (χ0v) is 14.6. The fraction of sp³-hybridized carbons (Fsp3) is 0.158. The second-order valence-electron chi connectivity index (χ2n) is 5.40. The Balaban J connectivity index is 1.98. The average molecular weight is 375 g/mol. The number of ether oxygens (including phenoxy) is 2. The maximum atomic E-state index is 12.8. The summed E-state index contributed by atoms with van der Waals surface area (Å²) in [6, 6.07) is 9.11. The van der Waals surface area contributed by atoms with E-state index in [1.165, 1.54) is 30.5 Å². The fourth-order valence-corrected chi connectivity index (χ4v) is 2.74. The number of hydrogen-bond donors (Lipinski definition) is 1. The highest BCUT2D eigenvalue weighted by atomic mass is 35.5. The minimum absolute atomic E-state index is 0.0975. The van der Waals surface area contributed by atoms with Crippen molar-refractivity contribution in [2.75, 3.05) is 13.2 Å². The molecule has 0 radical (unpaired) electrons. The Labute approximate surface area is 153 Å². The van der Waals surface area contributed by atoms with Crippen LogP contribution in [0.25, 0.3) is 22.1 Å². The van der Waals surface area contributed by atoms with Crippen LogP contribution in [0.15, 0.2) is 51.9 Å². The molecule has 2 aromatic carbocycles. The number of fused-ring (bicyclic) bond motifs is 1. The van der Waals surface area contributed by atoms with Crippen molar-refractivity contribution in [2.45, 2.75) is 6.92 Å². The van der Waals surface area contributed by atoms with Gasteiger partial charge in [-0.1, -0.05) is 23.7 Å². The fourth-order valence-electron chi connectivity index (χ4n) is 2.45. The molecule has 6 nitrogen and oxygen atoms in total. The lowest BCUT2D eigenvalue weighted by Crippen LogP contribution is -2.14. The molecule has 7 heteroatoms. The molecule has 1 N–H and O–H groups in total. The number of carbonyl (C=O) groups excluding carboxylic acids is 1. The van der Waals surface area contributed by atoms with Gasteiger partial charge in [-0.05, 0) is 30.7 Å². The number of aromatic hydroxyl groups is 1. The maximum absolute atomic E-state index is 12.8. The molecule has 0 aliphatic heterocycles. The summed E-state index contributed by atoms with van der Waals surface area (Å²) in [6.45, 7) is 1.69. The number of phenolic OH excluding ortho intramolecular Hbond substituents is 1. The molecule has 3 aromatic rings. The molecule has 0 aliphatic carbocycles. The number of halogens is 1. The standard InChI is InChI=1S/C19H15ClO6/c1-2-24-17(22)10-25-13-7-15(20)18-16(8-13)26-9-14(19(18)23)11-3-5-12(21)6-4-11/h3-9,21H,2,10H2,1H3. The van der Waals surface area contributed by atoms with Gasteiger partial charge in [-0.2, -0.15) is 0 Å². The van der Waals surface area contributed by atoms with Crippen LogP contribution in [0, 0.1) is 0 Å². The second-order valence-corrected chi connectivity index (χ2v) is 5.80. The van der Waals surface area contributed by atoms with Crippen LogP contribution in [-0.2, 0) is 9.53 Å². The minimum atomic E-state index is -0.507. The van der Waals surface area contributed by atoms with Crippen molar-refractivity contribution in [1.29, 1.82) is 0 Å². The summed E-state index contributed by atoms with van der Waals surface area (Å²) in [4.78, 5) is 24.1. The summed E-state index contributed by atoms with van der Waals surface area (Å²) >= 11 is 6.23. The Hall–Kier alpha value is -2.99. The number of hydrogen-bond acceptors (Lipinski definition) is 6. The molecule has 0 amide bonds. The predicted octanol–water partition coefficient (Wildman–Crippen LogP) is 3.76. The number of benzene rings is 2. The van der Waals surface area contributed by atoms with Crippen molar-refractivity contribution in [3.63, 3.8) is 0 Å². The van der Waals surface area contributed by atoms with Gasteiger partial charge < -0.3 is 19.0 Å². The lowest BCUT2D eigenvalue weighted by molar-refractivity contribution is -0.145. The molecular weight excluding hydrogens is 360 g/mol. The molecule has 1 heterocycles. The molecule has 0 bridgehead atoms. The normalized spacial score (nSPS) is 10.7. The maximum Gasteiger partial charge on any atom is 0.344 e. The van der Waals surface area contributed by atoms with Gasteiger partial charge in [0.05, 0.1) is 22.6 Å². The lowest BCUT2D eigenvalue weighted by atomic mass is 10.1. The van der Waals surface area contributed by atoms with Gasteiger partial charge in [0.15, 0.2) is 6.61 Å². The van der Waals surface area contributed by atoms with E-state index in [0.29, 0.717) is 11.1 Å². The topological polar surface area (TPSA) is 86.0 Å². The molecule has 0 aliphatic rings. The Morgan fingerprint density at radius 1 is 1.23 bits per heavy atom. The van der Waals surface area contributed by atoms with Crippen molar-refractivity contribution >= 4 is 28.5 Å². The third kappa shape index (κ3) is 3.65. The Bertz CT molecular complexity index is 1010. The molecule has 1 aromatic heterocycles. The van der Waals surface area contributed by atoms with Crippen molar-refractivity contribution in [3.8, 4) is 22.6 Å². The first kappa shape index (κ1) is 17.8. The molecule has 0 saturated heterocycles. The van der Waals surface area contributed by atoms with Crippen LogP contribution in [-0.4, -0.2) is 24.3 Å². The van der Waals surface area contributed by atoms with Crippen LogP contribution in [0.1, 0.15) is 6.92 Å². The van der Waals surface area contributed by atoms with E-state index in [2.05, 4.69) is 0 Å². The van der Waals surface area contributed by atoms with Crippen LogP contribution < -0.4 is 10.2 Å². The van der Waals surface area contributed by atoms with Crippen molar-refractivity contribution in [2.24, 2.45) is 0 Å². The zero-order chi connectivity index (χ0) is 18.7. The van der Waals surface area contributed by atoms with Crippen LogP contribution in [0.2, 0.25) is 5.02 Å². The molecule has 0 atom stereocenters. The number of esters is 1. The second kappa shape index (κ2) is 7.49. The van der Waals surface area contributed by atoms with E-state index in [9.17, 15) is 14.7 Å². The predicted molar refractivity (Wildman–Crippen MR) is 96.7 cm³/mol. The average Bonchev–Trinajstić information content (AvgIpc) is 2.61. The smallest absolute Gasteiger partial charge is 0.344 e. The van der Waals surface area contributed by atoms with Crippen LogP contribution in [0.3, 0.4) is 0 Å². The summed E-state index contributed by atoms with van der Waals surface area (Å²) < 4.78 is 15.7. The summed E-state index contributed by atoms with van der Waals surface area (Å²) in [5.41, 5.74) is 0.847. The van der Waals surface area contributed by atoms with Crippen molar-refractivity contribution in [3.05, 3.63) is 57.9 Å². The Morgan fingerprint density at radius 2 is 1.96 bits per heavy atom. The van der Waals surface area contributed by atoms with E-state index in [1.807, 2.05) is 0 Å². The van der Waals surface area contributed by atoms with E-state index in [0.717, 1.165) is 0 Å². The third-order valence-electron chi connectivity index (χ3n) is 3.64. The first-order chi connectivity index (χ1) is 12.5. The molecule has 0 unspecified atom stereocenters. The van der Waals surface area contributed by atoms with Crippen LogP contribution >= 0.6 is 11.6 Å². The highest BCUT2D eigenvalue weighted by Crippen LogP contribution is 2.29. The van der Waals surface area contributed by atoms with E-state index in [-0.39, 0.29) is 46.1 Å². The summed E-state index contributed by atoms with van der Waals surface area (Å²) in [5, 5.41) is 9.73. The van der Waals surface area contributed by atoms with Crippen molar-refractivity contribution in [1.82, 2.24) is 0 Å². The van der Waals surface area contributed by atoms with E-state index >= 15 is 0 Å². The lowest BCUT2D eigenvalue weighted by Gasteiger charge is -2.09. The molecule has 0 saturated carbocycles. The molecule has 0 spiro atoms. The highest BCUT2D eigenvalue weighted by molar-refractivity contribution is 6.35. The van der Waals surface area contributed by atoms with Gasteiger partial charge >= 0.3 is 5.97 Å². The van der Waals surface area contributed by atoms with Gasteiger partial charge in [0.1, 0.15) is 23.3 Å². The van der Waals surface area contributed by atoms with Gasteiger partial charge in [0, 0.05) is 6.07 Å². The number of carbonyl (C=O) groups is 1. The number of rotatable bonds is 5. The van der Waals surface area contributed by atoms with Gasteiger partial charge in [-0.15, -0.1) is 0 Å². The molecule has 3 rings (SSSR count). The van der Waals surface area contributed by atoms with E-state index in [4.69, 9.17) is 25.5 Å². The Morgan fingerprint density at radius 3 is 2.65 bits per heavy atom. The molecule has 0 fully saturated rings. The summed E-state index contributed by atoms with van der Waals surface area (Å²) in [7, 11) is 0. The first-order valence-electron chi connectivity index (χ1n) is 7.82. The van der Waals surface area contributed by atoms with Gasteiger partial charge in [-0.3, -0.25) is 4.79 Å². The molecular formula is C19H15ClO6. The number of phenols is 1. The minimum Gasteiger partial charge on any atom is -0.508 e. The van der Waals surface area contributed by atoms with E-state index in [1.54, 1.807) is 19.1 Å². The quantitative estimate of drug-likeness (QED) is 0.684. The van der Waals surface area contributed by atoms with Gasteiger partial charge in [0.2, 0.25) is 5.43 Å². The third-order valence-corrected chi connectivity index (χ3v) is 3.94.